The number of hydrogen-bond acceptors (Lipinski definition) is 5. The first-order chi connectivity index (χ1) is 16.2. The van der Waals surface area contributed by atoms with Crippen molar-refractivity contribution < 1.29 is 13.6 Å². The van der Waals surface area contributed by atoms with Gasteiger partial charge in [-0.2, -0.15) is 5.10 Å². The monoisotopic (exact) mass is 459 g/mol. The van der Waals surface area contributed by atoms with Gasteiger partial charge < -0.3 is 9.73 Å². The van der Waals surface area contributed by atoms with E-state index >= 15 is 0 Å². The van der Waals surface area contributed by atoms with Crippen LogP contribution in [0.1, 0.15) is 26.5 Å². The normalized spacial score (nSPS) is 11.9. The van der Waals surface area contributed by atoms with Gasteiger partial charge in [-0.3, -0.25) is 14.2 Å². The molecule has 0 saturated heterocycles. The van der Waals surface area contributed by atoms with Gasteiger partial charge >= 0.3 is 0 Å². The van der Waals surface area contributed by atoms with E-state index in [9.17, 15) is 14.0 Å². The molecule has 1 N–H and O–H groups in total. The van der Waals surface area contributed by atoms with Gasteiger partial charge in [0.15, 0.2) is 0 Å². The summed E-state index contributed by atoms with van der Waals surface area (Å²) in [5.74, 6) is -0.402. The fourth-order valence-corrected chi connectivity index (χ4v) is 3.68. The van der Waals surface area contributed by atoms with E-state index < -0.39 is 11.5 Å². The third-order valence-electron chi connectivity index (χ3n) is 5.48. The lowest BCUT2D eigenvalue weighted by molar-refractivity contribution is -0.116. The second kappa shape index (κ2) is 7.95. The van der Waals surface area contributed by atoms with E-state index in [1.54, 1.807) is 28.9 Å². The number of furan rings is 1. The minimum atomic E-state index is -0.446. The van der Waals surface area contributed by atoms with Gasteiger partial charge in [0.2, 0.25) is 11.5 Å². The molecule has 0 aliphatic carbocycles. The minimum absolute atomic E-state index is 0.0999. The molecule has 0 fully saturated rings. The summed E-state index contributed by atoms with van der Waals surface area (Å²) in [6, 6.07) is 14.8. The molecule has 5 aromatic rings. The van der Waals surface area contributed by atoms with Crippen molar-refractivity contribution in [3.05, 3.63) is 82.8 Å². The Morgan fingerprint density at radius 2 is 1.85 bits per heavy atom. The number of hydrogen-bond donors (Lipinski definition) is 1. The first-order valence-electron chi connectivity index (χ1n) is 10.7. The molecule has 0 bridgehead atoms. The predicted molar refractivity (Wildman–Crippen MR) is 127 cm³/mol. The zero-order valence-corrected chi connectivity index (χ0v) is 18.9. The number of fused-ring (bicyclic) bond motifs is 3. The third-order valence-corrected chi connectivity index (χ3v) is 5.48. The van der Waals surface area contributed by atoms with Crippen LogP contribution in [0.2, 0.25) is 0 Å². The van der Waals surface area contributed by atoms with E-state index in [4.69, 9.17) is 4.42 Å². The Kier molecular flexibility index (Phi) is 5.04. The molecule has 8 nitrogen and oxygen atoms in total. The van der Waals surface area contributed by atoms with E-state index in [0.717, 1.165) is 11.1 Å². The van der Waals surface area contributed by atoms with Crippen LogP contribution in [-0.4, -0.2) is 25.2 Å². The van der Waals surface area contributed by atoms with Crippen molar-refractivity contribution in [3.8, 4) is 5.69 Å². The molecule has 0 unspecified atom stereocenters. The number of carbonyl (C=O) groups is 1. The molecule has 0 atom stereocenters. The van der Waals surface area contributed by atoms with Crippen molar-refractivity contribution in [2.24, 2.45) is 0 Å². The SMILES string of the molecule is CC(C)(C)c1cc(NC(=O)Cn2cnc3c(oc4ccccc43)c2=O)n(-c2ccc(F)cc2)n1. The molecule has 172 valence electrons. The van der Waals surface area contributed by atoms with Crippen molar-refractivity contribution in [3.63, 3.8) is 0 Å². The van der Waals surface area contributed by atoms with Crippen molar-refractivity contribution in [1.82, 2.24) is 19.3 Å². The van der Waals surface area contributed by atoms with Gasteiger partial charge in [0, 0.05) is 16.9 Å². The Morgan fingerprint density at radius 3 is 2.59 bits per heavy atom. The average Bonchev–Trinajstić information content (AvgIpc) is 3.38. The molecule has 0 spiro atoms. The Morgan fingerprint density at radius 1 is 1.12 bits per heavy atom. The number of halogens is 1. The van der Waals surface area contributed by atoms with Crippen LogP contribution in [0.5, 0.6) is 0 Å². The van der Waals surface area contributed by atoms with E-state index in [0.29, 0.717) is 22.6 Å². The van der Waals surface area contributed by atoms with E-state index in [1.165, 1.54) is 23.0 Å². The highest BCUT2D eigenvalue weighted by molar-refractivity contribution is 6.01. The molecular formula is C25H22FN5O3. The molecule has 2 aromatic carbocycles. The van der Waals surface area contributed by atoms with Crippen molar-refractivity contribution in [2.75, 3.05) is 5.32 Å². The van der Waals surface area contributed by atoms with Crippen LogP contribution in [0, 0.1) is 5.82 Å². The molecule has 0 radical (unpaired) electrons. The van der Waals surface area contributed by atoms with Crippen molar-refractivity contribution in [2.45, 2.75) is 32.7 Å². The Hall–Kier alpha value is -4.27. The smallest absolute Gasteiger partial charge is 0.297 e. The molecule has 3 heterocycles. The number of rotatable bonds is 4. The number of nitrogens with one attached hydrogen (secondary N) is 1. The zero-order chi connectivity index (χ0) is 24.0. The van der Waals surface area contributed by atoms with Crippen LogP contribution in [0.25, 0.3) is 27.8 Å². The summed E-state index contributed by atoms with van der Waals surface area (Å²) in [5.41, 5.74) is 1.73. The van der Waals surface area contributed by atoms with E-state index in [-0.39, 0.29) is 23.4 Å². The maximum Gasteiger partial charge on any atom is 0.297 e. The van der Waals surface area contributed by atoms with Crippen molar-refractivity contribution >= 4 is 33.8 Å². The number of carbonyl (C=O) groups excluding carboxylic acids is 1. The Balaban J connectivity index is 1.46. The van der Waals surface area contributed by atoms with Gasteiger partial charge in [0.1, 0.15) is 29.3 Å². The van der Waals surface area contributed by atoms with Gasteiger partial charge in [-0.15, -0.1) is 0 Å². The summed E-state index contributed by atoms with van der Waals surface area (Å²) in [6.45, 7) is 5.75. The maximum absolute atomic E-state index is 13.4. The highest BCUT2D eigenvalue weighted by Gasteiger charge is 2.22. The van der Waals surface area contributed by atoms with Crippen LogP contribution in [0.4, 0.5) is 10.2 Å². The fraction of sp³-hybridized carbons (Fsp3) is 0.200. The number of benzene rings is 2. The quantitative estimate of drug-likeness (QED) is 0.430. The van der Waals surface area contributed by atoms with Crippen LogP contribution in [0.3, 0.4) is 0 Å². The molecule has 5 rings (SSSR count). The first-order valence-corrected chi connectivity index (χ1v) is 10.7. The second-order valence-electron chi connectivity index (χ2n) is 9.05. The number of para-hydroxylation sites is 1. The average molecular weight is 459 g/mol. The Bertz CT molecular complexity index is 1590. The van der Waals surface area contributed by atoms with Gasteiger partial charge in [0.05, 0.1) is 17.7 Å². The summed E-state index contributed by atoms with van der Waals surface area (Å²) >= 11 is 0. The summed E-state index contributed by atoms with van der Waals surface area (Å²) in [6.07, 6.45) is 1.34. The number of nitrogens with zero attached hydrogens (tertiary/aromatic N) is 4. The highest BCUT2D eigenvalue weighted by atomic mass is 19.1. The molecule has 34 heavy (non-hydrogen) atoms. The lowest BCUT2D eigenvalue weighted by Gasteiger charge is -2.14. The number of aromatic nitrogens is 4. The van der Waals surface area contributed by atoms with E-state index in [1.807, 2.05) is 39.0 Å². The summed E-state index contributed by atoms with van der Waals surface area (Å²) in [7, 11) is 0. The minimum Gasteiger partial charge on any atom is -0.448 e. The van der Waals surface area contributed by atoms with Crippen LogP contribution in [-0.2, 0) is 16.8 Å². The fourth-order valence-electron chi connectivity index (χ4n) is 3.68. The summed E-state index contributed by atoms with van der Waals surface area (Å²) in [4.78, 5) is 30.2. The summed E-state index contributed by atoms with van der Waals surface area (Å²) in [5, 5.41) is 8.16. The highest BCUT2D eigenvalue weighted by Crippen LogP contribution is 2.27. The van der Waals surface area contributed by atoms with Crippen LogP contribution in [0.15, 0.2) is 70.1 Å². The summed E-state index contributed by atoms with van der Waals surface area (Å²) < 4.78 is 21.8. The van der Waals surface area contributed by atoms with Crippen LogP contribution < -0.4 is 10.9 Å². The topological polar surface area (TPSA) is 95.0 Å². The molecule has 0 saturated carbocycles. The zero-order valence-electron chi connectivity index (χ0n) is 18.9. The Labute approximate surface area is 193 Å². The largest absolute Gasteiger partial charge is 0.448 e. The standard InChI is InChI=1S/C25H22FN5O3/c1-25(2,3)19-12-20(31(29-19)16-10-8-15(26)9-11-16)28-21(32)13-30-14-27-22-17-6-4-5-7-18(17)34-23(22)24(30)33/h4-12,14H,13H2,1-3H3,(H,28,32). The van der Waals surface area contributed by atoms with Gasteiger partial charge in [-0.05, 0) is 36.4 Å². The van der Waals surface area contributed by atoms with E-state index in [2.05, 4.69) is 15.4 Å². The second-order valence-corrected chi connectivity index (χ2v) is 9.05. The number of amides is 1. The van der Waals surface area contributed by atoms with Gasteiger partial charge in [-0.1, -0.05) is 32.9 Å². The first kappa shape index (κ1) is 21.6. The molecule has 0 aliphatic rings. The lowest BCUT2D eigenvalue weighted by Crippen LogP contribution is -2.28. The number of anilines is 1. The molecule has 0 aliphatic heterocycles. The molecule has 3 aromatic heterocycles. The van der Waals surface area contributed by atoms with Gasteiger partial charge in [-0.25, -0.2) is 14.1 Å². The van der Waals surface area contributed by atoms with Crippen LogP contribution >= 0.6 is 0 Å². The van der Waals surface area contributed by atoms with Gasteiger partial charge in [0.25, 0.3) is 5.56 Å². The van der Waals surface area contributed by atoms with Crippen molar-refractivity contribution in [1.29, 1.82) is 0 Å². The molecule has 1 amide bonds. The lowest BCUT2D eigenvalue weighted by atomic mass is 9.92. The molecule has 9 heteroatoms. The third kappa shape index (κ3) is 3.85. The maximum atomic E-state index is 13.4. The molecular weight excluding hydrogens is 437 g/mol. The predicted octanol–water partition coefficient (Wildman–Crippen LogP) is 4.40.